The van der Waals surface area contributed by atoms with Crippen molar-refractivity contribution < 1.29 is 18.3 Å². The van der Waals surface area contributed by atoms with E-state index in [0.717, 1.165) is 5.69 Å². The van der Waals surface area contributed by atoms with Gasteiger partial charge in [-0.25, -0.2) is 13.8 Å². The first-order chi connectivity index (χ1) is 17.4. The van der Waals surface area contributed by atoms with E-state index in [0.29, 0.717) is 49.2 Å². The van der Waals surface area contributed by atoms with E-state index >= 15 is 0 Å². The van der Waals surface area contributed by atoms with E-state index in [1.807, 2.05) is 23.9 Å². The summed E-state index contributed by atoms with van der Waals surface area (Å²) in [5, 5.41) is 3.10. The fourth-order valence-electron chi connectivity index (χ4n) is 3.90. The molecule has 0 unspecified atom stereocenters. The van der Waals surface area contributed by atoms with Crippen molar-refractivity contribution in [3.8, 4) is 11.7 Å². The van der Waals surface area contributed by atoms with Crippen LogP contribution in [-0.2, 0) is 4.74 Å². The summed E-state index contributed by atoms with van der Waals surface area (Å²) in [6.07, 6.45) is 0.373. The number of alkyl halides is 2. The fourth-order valence-corrected chi connectivity index (χ4v) is 3.90. The predicted molar refractivity (Wildman–Crippen MR) is 131 cm³/mol. The van der Waals surface area contributed by atoms with Gasteiger partial charge in [0.1, 0.15) is 11.3 Å². The summed E-state index contributed by atoms with van der Waals surface area (Å²) in [7, 11) is 5.18. The standard InChI is InChI=1S/C23H25F2N9O2/c1-32(2)15-11-16-18(17(12-15)35-3)28-20(19(24)25)34(16)23-30-21(27-14-5-4-6-26-13-14)29-22(31-23)33-7-9-36-10-8-33/h4-6,11-13,19H,7-10H2,1-3H3,(H,27,29,30,31). The molecule has 3 aromatic heterocycles. The number of nitrogens with one attached hydrogen (secondary N) is 1. The van der Waals surface area contributed by atoms with Crippen molar-refractivity contribution >= 4 is 34.3 Å². The number of morpholine rings is 1. The Labute approximate surface area is 205 Å². The molecule has 1 N–H and O–H groups in total. The molecular weight excluding hydrogens is 472 g/mol. The molecule has 13 heteroatoms. The number of nitrogens with zero attached hydrogens (tertiary/aromatic N) is 8. The third-order valence-corrected chi connectivity index (χ3v) is 5.69. The summed E-state index contributed by atoms with van der Waals surface area (Å²) in [4.78, 5) is 25.7. The van der Waals surface area contributed by atoms with Gasteiger partial charge in [-0.3, -0.25) is 9.55 Å². The highest BCUT2D eigenvalue weighted by molar-refractivity contribution is 5.88. The summed E-state index contributed by atoms with van der Waals surface area (Å²) in [5.41, 5.74) is 2.06. The van der Waals surface area contributed by atoms with Gasteiger partial charge in [-0.2, -0.15) is 15.0 Å². The average Bonchev–Trinajstić information content (AvgIpc) is 3.29. The number of aromatic nitrogens is 6. The van der Waals surface area contributed by atoms with Crippen LogP contribution in [0.3, 0.4) is 0 Å². The maximum absolute atomic E-state index is 14.3. The highest BCUT2D eigenvalue weighted by atomic mass is 19.3. The first-order valence-electron chi connectivity index (χ1n) is 11.3. The Balaban J connectivity index is 1.73. The van der Waals surface area contributed by atoms with E-state index in [2.05, 4.69) is 30.2 Å². The van der Waals surface area contributed by atoms with Gasteiger partial charge in [0.15, 0.2) is 5.82 Å². The van der Waals surface area contributed by atoms with E-state index in [-0.39, 0.29) is 17.4 Å². The second-order valence-electron chi connectivity index (χ2n) is 8.24. The van der Waals surface area contributed by atoms with Crippen LogP contribution in [0.2, 0.25) is 0 Å². The molecule has 1 aliphatic heterocycles. The molecule has 0 amide bonds. The molecule has 36 heavy (non-hydrogen) atoms. The molecule has 0 bridgehead atoms. The van der Waals surface area contributed by atoms with Crippen LogP contribution in [0.5, 0.6) is 5.75 Å². The number of hydrogen-bond acceptors (Lipinski definition) is 10. The van der Waals surface area contributed by atoms with E-state index in [1.54, 1.807) is 36.7 Å². The molecule has 4 heterocycles. The van der Waals surface area contributed by atoms with Gasteiger partial charge >= 0.3 is 0 Å². The lowest BCUT2D eigenvalue weighted by atomic mass is 10.2. The number of anilines is 4. The lowest BCUT2D eigenvalue weighted by Crippen LogP contribution is -2.37. The van der Waals surface area contributed by atoms with Crippen LogP contribution in [0.1, 0.15) is 12.2 Å². The molecule has 0 spiro atoms. The topological polar surface area (TPSA) is 106 Å². The Morgan fingerprint density at radius 2 is 1.86 bits per heavy atom. The van der Waals surface area contributed by atoms with Crippen molar-refractivity contribution in [2.75, 3.05) is 62.6 Å². The summed E-state index contributed by atoms with van der Waals surface area (Å²) in [5.74, 6) is 0.409. The molecule has 5 rings (SSSR count). The van der Waals surface area contributed by atoms with Gasteiger partial charge in [-0.15, -0.1) is 0 Å². The molecule has 0 aliphatic carbocycles. The lowest BCUT2D eigenvalue weighted by Gasteiger charge is -2.27. The number of benzene rings is 1. The van der Waals surface area contributed by atoms with Gasteiger partial charge in [0.05, 0.1) is 37.7 Å². The molecule has 1 aliphatic rings. The molecule has 0 atom stereocenters. The van der Waals surface area contributed by atoms with Crippen molar-refractivity contribution in [2.45, 2.75) is 6.43 Å². The Kier molecular flexibility index (Phi) is 6.46. The number of methoxy groups -OCH3 is 1. The molecule has 11 nitrogen and oxygen atoms in total. The molecule has 0 radical (unpaired) electrons. The Morgan fingerprint density at radius 3 is 2.53 bits per heavy atom. The first kappa shape index (κ1) is 23.6. The maximum atomic E-state index is 14.3. The van der Waals surface area contributed by atoms with E-state index < -0.39 is 12.2 Å². The van der Waals surface area contributed by atoms with Crippen LogP contribution >= 0.6 is 0 Å². The van der Waals surface area contributed by atoms with Crippen molar-refractivity contribution in [3.63, 3.8) is 0 Å². The second kappa shape index (κ2) is 9.85. The van der Waals surface area contributed by atoms with Crippen LogP contribution in [0, 0.1) is 0 Å². The van der Waals surface area contributed by atoms with Gasteiger partial charge in [0, 0.05) is 45.1 Å². The Hall–Kier alpha value is -4.13. The van der Waals surface area contributed by atoms with Gasteiger partial charge in [-0.05, 0) is 18.2 Å². The minimum absolute atomic E-state index is 0.00800. The molecule has 1 fully saturated rings. The molecule has 188 valence electrons. The van der Waals surface area contributed by atoms with Crippen LogP contribution in [0.4, 0.5) is 32.1 Å². The van der Waals surface area contributed by atoms with E-state index in [1.165, 1.54) is 11.7 Å². The quantitative estimate of drug-likeness (QED) is 0.409. The van der Waals surface area contributed by atoms with Crippen molar-refractivity contribution in [2.24, 2.45) is 0 Å². The molecule has 1 aromatic carbocycles. The normalized spacial score (nSPS) is 13.9. The molecule has 4 aromatic rings. The number of hydrogen-bond donors (Lipinski definition) is 1. The largest absolute Gasteiger partial charge is 0.494 e. The lowest BCUT2D eigenvalue weighted by molar-refractivity contribution is 0.122. The number of ether oxygens (including phenoxy) is 2. The van der Waals surface area contributed by atoms with Gasteiger partial charge in [0.2, 0.25) is 17.8 Å². The van der Waals surface area contributed by atoms with Crippen molar-refractivity contribution in [1.29, 1.82) is 0 Å². The Bertz CT molecular complexity index is 1360. The van der Waals surface area contributed by atoms with Crippen molar-refractivity contribution in [3.05, 3.63) is 42.5 Å². The zero-order valence-electron chi connectivity index (χ0n) is 20.0. The third kappa shape index (κ3) is 4.56. The van der Waals surface area contributed by atoms with Gasteiger partial charge < -0.3 is 24.6 Å². The second-order valence-corrected chi connectivity index (χ2v) is 8.24. The maximum Gasteiger partial charge on any atom is 0.296 e. The highest BCUT2D eigenvalue weighted by Crippen LogP contribution is 2.35. The molecule has 0 saturated carbocycles. The number of pyridine rings is 1. The van der Waals surface area contributed by atoms with Crippen LogP contribution in [0.15, 0.2) is 36.7 Å². The third-order valence-electron chi connectivity index (χ3n) is 5.69. The number of halogens is 2. The summed E-state index contributed by atoms with van der Waals surface area (Å²) < 4.78 is 40.8. The minimum atomic E-state index is -2.89. The summed E-state index contributed by atoms with van der Waals surface area (Å²) in [6.45, 7) is 2.12. The van der Waals surface area contributed by atoms with Crippen LogP contribution in [-0.4, -0.2) is 77.0 Å². The average molecular weight is 498 g/mol. The molecular formula is C23H25F2N9O2. The summed E-state index contributed by atoms with van der Waals surface area (Å²) >= 11 is 0. The number of imidazole rings is 1. The first-order valence-corrected chi connectivity index (χ1v) is 11.3. The summed E-state index contributed by atoms with van der Waals surface area (Å²) in [6, 6.07) is 7.07. The molecule has 1 saturated heterocycles. The zero-order valence-corrected chi connectivity index (χ0v) is 20.0. The SMILES string of the molecule is COc1cc(N(C)C)cc2c1nc(C(F)F)n2-c1nc(Nc2cccnc2)nc(N2CCOCC2)n1. The number of rotatable bonds is 7. The van der Waals surface area contributed by atoms with E-state index in [9.17, 15) is 8.78 Å². The number of fused-ring (bicyclic) bond motifs is 1. The monoisotopic (exact) mass is 497 g/mol. The van der Waals surface area contributed by atoms with Crippen molar-refractivity contribution in [1.82, 2.24) is 29.5 Å². The Morgan fingerprint density at radius 1 is 1.08 bits per heavy atom. The van der Waals surface area contributed by atoms with Crippen LogP contribution < -0.4 is 19.9 Å². The predicted octanol–water partition coefficient (Wildman–Crippen LogP) is 3.20. The fraction of sp³-hybridized carbons (Fsp3) is 0.348. The highest BCUT2D eigenvalue weighted by Gasteiger charge is 2.26. The van der Waals surface area contributed by atoms with Crippen LogP contribution in [0.25, 0.3) is 17.0 Å². The van der Waals surface area contributed by atoms with Gasteiger partial charge in [0.25, 0.3) is 6.43 Å². The smallest absolute Gasteiger partial charge is 0.296 e. The van der Waals surface area contributed by atoms with Gasteiger partial charge in [-0.1, -0.05) is 0 Å². The zero-order chi connectivity index (χ0) is 25.2. The minimum Gasteiger partial charge on any atom is -0.494 e. The van der Waals surface area contributed by atoms with E-state index in [4.69, 9.17) is 9.47 Å².